The van der Waals surface area contributed by atoms with Crippen molar-refractivity contribution in [3.8, 4) is 0 Å². The van der Waals surface area contributed by atoms with Crippen LogP contribution < -0.4 is 5.32 Å². The number of piperidine rings is 1. The highest BCUT2D eigenvalue weighted by molar-refractivity contribution is 9.10. The number of ether oxygens (including phenoxy) is 1. The number of anilines is 1. The molecule has 2 N–H and O–H groups in total. The third-order valence-electron chi connectivity index (χ3n) is 4.61. The molecule has 0 spiro atoms. The van der Waals surface area contributed by atoms with Crippen LogP contribution in [0.15, 0.2) is 22.8 Å². The number of hydrogen-bond donors (Lipinski definition) is 2. The van der Waals surface area contributed by atoms with Crippen LogP contribution in [-0.4, -0.2) is 51.3 Å². The molecule has 2 heterocycles. The first-order valence-corrected chi connectivity index (χ1v) is 9.00. The van der Waals surface area contributed by atoms with Crippen LogP contribution in [0, 0.1) is 5.41 Å². The Morgan fingerprint density at radius 2 is 2.16 bits per heavy atom. The molecule has 2 aliphatic rings. The van der Waals surface area contributed by atoms with E-state index < -0.39 is 17.7 Å². The van der Waals surface area contributed by atoms with Crippen molar-refractivity contribution in [2.24, 2.45) is 5.41 Å². The fraction of sp³-hybridized carbons (Fsp3) is 0.588. The van der Waals surface area contributed by atoms with Crippen molar-refractivity contribution in [2.45, 2.75) is 51.3 Å². The SMILES string of the molecule is CC(C)(C)OC(=O)N1C2CC2(CO)C[C@H]1C(=O)Nc1cccc(Br)n1. The summed E-state index contributed by atoms with van der Waals surface area (Å²) in [4.78, 5) is 31.0. The van der Waals surface area contributed by atoms with E-state index in [1.165, 1.54) is 4.90 Å². The molecule has 1 aromatic heterocycles. The van der Waals surface area contributed by atoms with Gasteiger partial charge in [-0.05, 0) is 61.7 Å². The maximum atomic E-state index is 12.7. The molecule has 1 aliphatic heterocycles. The van der Waals surface area contributed by atoms with Gasteiger partial charge in [-0.1, -0.05) is 6.07 Å². The Labute approximate surface area is 154 Å². The van der Waals surface area contributed by atoms with Crippen LogP contribution >= 0.6 is 15.9 Å². The van der Waals surface area contributed by atoms with Gasteiger partial charge in [0.2, 0.25) is 5.91 Å². The predicted molar refractivity (Wildman–Crippen MR) is 95.0 cm³/mol. The second kappa shape index (κ2) is 6.25. The van der Waals surface area contributed by atoms with E-state index in [1.807, 2.05) is 0 Å². The van der Waals surface area contributed by atoms with Crippen LogP contribution in [0.4, 0.5) is 10.6 Å². The lowest BCUT2D eigenvalue weighted by Gasteiger charge is -2.29. The van der Waals surface area contributed by atoms with E-state index in [9.17, 15) is 14.7 Å². The number of aliphatic hydroxyl groups is 1. The summed E-state index contributed by atoms with van der Waals surface area (Å²) in [5.41, 5.74) is -1.03. The molecule has 2 amide bonds. The molecular formula is C17H22BrN3O4. The number of fused-ring (bicyclic) bond motifs is 1. The molecule has 1 aromatic rings. The standard InChI is InChI=1S/C17H22BrN3O4/c1-16(2,3)25-15(24)21-10(7-17(9-22)8-11(17)21)14(23)20-13-6-4-5-12(18)19-13/h4-6,10-11,22H,7-9H2,1-3H3,(H,19,20,23)/t10-,11?,17?/m0/s1. The first-order chi connectivity index (χ1) is 11.6. The quantitative estimate of drug-likeness (QED) is 0.745. The van der Waals surface area contributed by atoms with Crippen molar-refractivity contribution in [1.82, 2.24) is 9.88 Å². The fourth-order valence-corrected chi connectivity index (χ4v) is 3.69. The molecule has 2 unspecified atom stereocenters. The van der Waals surface area contributed by atoms with Gasteiger partial charge in [0.15, 0.2) is 0 Å². The maximum absolute atomic E-state index is 12.7. The smallest absolute Gasteiger partial charge is 0.411 e. The first-order valence-electron chi connectivity index (χ1n) is 8.21. The summed E-state index contributed by atoms with van der Waals surface area (Å²) in [6.07, 6.45) is 0.599. The van der Waals surface area contributed by atoms with Crippen LogP contribution in [-0.2, 0) is 9.53 Å². The summed E-state index contributed by atoms with van der Waals surface area (Å²) in [5.74, 6) is 0.0821. The molecule has 0 aromatic carbocycles. The van der Waals surface area contributed by atoms with Gasteiger partial charge in [0, 0.05) is 11.5 Å². The zero-order valence-electron chi connectivity index (χ0n) is 14.5. The first kappa shape index (κ1) is 18.1. The third kappa shape index (κ3) is 3.64. The largest absolute Gasteiger partial charge is 0.444 e. The topological polar surface area (TPSA) is 91.8 Å². The van der Waals surface area contributed by atoms with Gasteiger partial charge in [0.25, 0.3) is 0 Å². The minimum Gasteiger partial charge on any atom is -0.444 e. The zero-order valence-corrected chi connectivity index (χ0v) is 16.0. The number of amides is 2. The lowest BCUT2D eigenvalue weighted by atomic mass is 10.0. The zero-order chi connectivity index (χ0) is 18.4. The highest BCUT2D eigenvalue weighted by Gasteiger charge is 2.67. The summed E-state index contributed by atoms with van der Waals surface area (Å²) in [7, 11) is 0. The van der Waals surface area contributed by atoms with E-state index in [0.717, 1.165) is 0 Å². The van der Waals surface area contributed by atoms with Crippen molar-refractivity contribution in [2.75, 3.05) is 11.9 Å². The molecule has 25 heavy (non-hydrogen) atoms. The van der Waals surface area contributed by atoms with Crippen LogP contribution in [0.1, 0.15) is 33.6 Å². The minimum atomic E-state index is -0.679. The monoisotopic (exact) mass is 411 g/mol. The molecule has 1 saturated carbocycles. The number of nitrogens with zero attached hydrogens (tertiary/aromatic N) is 2. The van der Waals surface area contributed by atoms with Crippen molar-refractivity contribution in [1.29, 1.82) is 0 Å². The molecule has 1 saturated heterocycles. The Kier molecular flexibility index (Phi) is 4.53. The van der Waals surface area contributed by atoms with E-state index in [4.69, 9.17) is 4.74 Å². The minimum absolute atomic E-state index is 0.0458. The van der Waals surface area contributed by atoms with Crippen molar-refractivity contribution in [3.63, 3.8) is 0 Å². The van der Waals surface area contributed by atoms with Crippen LogP contribution in [0.2, 0.25) is 0 Å². The number of likely N-dealkylation sites (tertiary alicyclic amines) is 1. The molecule has 0 bridgehead atoms. The van der Waals surface area contributed by atoms with Gasteiger partial charge in [-0.25, -0.2) is 9.78 Å². The van der Waals surface area contributed by atoms with Gasteiger partial charge in [0.05, 0.1) is 6.61 Å². The Morgan fingerprint density at radius 1 is 1.44 bits per heavy atom. The van der Waals surface area contributed by atoms with E-state index >= 15 is 0 Å². The molecule has 1 aliphatic carbocycles. The second-order valence-electron chi connectivity index (χ2n) is 7.68. The van der Waals surface area contributed by atoms with Crippen molar-refractivity contribution < 1.29 is 19.4 Å². The Bertz CT molecular complexity index is 705. The summed E-state index contributed by atoms with van der Waals surface area (Å²) >= 11 is 3.26. The Balaban J connectivity index is 1.78. The van der Waals surface area contributed by atoms with Crippen LogP contribution in [0.25, 0.3) is 0 Å². The van der Waals surface area contributed by atoms with Crippen molar-refractivity contribution >= 4 is 33.7 Å². The van der Waals surface area contributed by atoms with Gasteiger partial charge in [-0.15, -0.1) is 0 Å². The van der Waals surface area contributed by atoms with Gasteiger partial charge in [-0.2, -0.15) is 0 Å². The van der Waals surface area contributed by atoms with Gasteiger partial charge >= 0.3 is 6.09 Å². The summed E-state index contributed by atoms with van der Waals surface area (Å²) < 4.78 is 6.07. The molecule has 3 atom stereocenters. The molecule has 7 nitrogen and oxygen atoms in total. The highest BCUT2D eigenvalue weighted by atomic mass is 79.9. The van der Waals surface area contributed by atoms with Gasteiger partial charge in [0.1, 0.15) is 22.1 Å². The third-order valence-corrected chi connectivity index (χ3v) is 5.05. The summed E-state index contributed by atoms with van der Waals surface area (Å²) in [6, 6.07) is 4.37. The van der Waals surface area contributed by atoms with Crippen LogP contribution in [0.3, 0.4) is 0 Å². The lowest BCUT2D eigenvalue weighted by Crippen LogP contribution is -2.47. The number of halogens is 1. The average Bonchev–Trinajstić information content (AvgIpc) is 3.10. The van der Waals surface area contributed by atoms with E-state index in [0.29, 0.717) is 23.3 Å². The number of pyridine rings is 1. The van der Waals surface area contributed by atoms with Crippen LogP contribution in [0.5, 0.6) is 0 Å². The van der Waals surface area contributed by atoms with Crippen molar-refractivity contribution in [3.05, 3.63) is 22.8 Å². The normalized spacial score (nSPS) is 27.6. The fourth-order valence-electron chi connectivity index (χ4n) is 3.35. The van der Waals surface area contributed by atoms with E-state index in [2.05, 4.69) is 26.2 Å². The lowest BCUT2D eigenvalue weighted by molar-refractivity contribution is -0.121. The predicted octanol–water partition coefficient (Wildman–Crippen LogP) is 2.54. The van der Waals surface area contributed by atoms with E-state index in [1.54, 1.807) is 39.0 Å². The maximum Gasteiger partial charge on any atom is 0.411 e. The molecule has 136 valence electrons. The molecule has 3 rings (SSSR count). The number of hydrogen-bond acceptors (Lipinski definition) is 5. The molecule has 2 fully saturated rings. The molecular weight excluding hydrogens is 390 g/mol. The van der Waals surface area contributed by atoms with E-state index in [-0.39, 0.29) is 24.0 Å². The second-order valence-corrected chi connectivity index (χ2v) is 8.50. The van der Waals surface area contributed by atoms with Gasteiger partial charge < -0.3 is 15.2 Å². The Hall–Kier alpha value is -1.67. The highest BCUT2D eigenvalue weighted by Crippen LogP contribution is 2.59. The molecule has 0 radical (unpaired) electrons. The molecule has 8 heteroatoms. The number of aliphatic hydroxyl groups excluding tert-OH is 1. The summed E-state index contributed by atoms with van der Waals surface area (Å²) in [6.45, 7) is 5.31. The number of carbonyl (C=O) groups excluding carboxylic acids is 2. The average molecular weight is 412 g/mol. The Morgan fingerprint density at radius 3 is 2.76 bits per heavy atom. The summed E-state index contributed by atoms with van der Waals surface area (Å²) in [5, 5.41) is 12.4. The number of rotatable bonds is 3. The number of aromatic nitrogens is 1. The van der Waals surface area contributed by atoms with Gasteiger partial charge in [-0.3, -0.25) is 9.69 Å². The number of nitrogens with one attached hydrogen (secondary N) is 1. The number of carbonyl (C=O) groups is 2.